The van der Waals surface area contributed by atoms with E-state index in [1.807, 2.05) is 32.0 Å². The highest BCUT2D eigenvalue weighted by atomic mass is 16.5. The molecular formula is C17H17NO4. The lowest BCUT2D eigenvalue weighted by Gasteiger charge is -2.09. The van der Waals surface area contributed by atoms with E-state index in [-0.39, 0.29) is 5.91 Å². The monoisotopic (exact) mass is 299 g/mol. The van der Waals surface area contributed by atoms with Gasteiger partial charge in [-0.25, -0.2) is 4.79 Å². The van der Waals surface area contributed by atoms with Crippen LogP contribution in [0.4, 0.5) is 5.69 Å². The van der Waals surface area contributed by atoms with E-state index in [1.54, 1.807) is 24.3 Å². The molecule has 1 amide bonds. The number of aliphatic carboxylic acids is 1. The third-order valence-corrected chi connectivity index (χ3v) is 3.11. The number of benzene rings is 2. The first-order chi connectivity index (χ1) is 10.5. The number of anilines is 1. The quantitative estimate of drug-likeness (QED) is 0.890. The lowest BCUT2D eigenvalue weighted by molar-refractivity contribution is -0.139. The van der Waals surface area contributed by atoms with Crippen molar-refractivity contribution in [1.82, 2.24) is 0 Å². The van der Waals surface area contributed by atoms with E-state index < -0.39 is 12.6 Å². The molecule has 0 atom stereocenters. The minimum atomic E-state index is -1.04. The molecule has 2 N–H and O–H groups in total. The van der Waals surface area contributed by atoms with E-state index in [2.05, 4.69) is 5.32 Å². The van der Waals surface area contributed by atoms with Gasteiger partial charge in [0.05, 0.1) is 0 Å². The Labute approximate surface area is 128 Å². The van der Waals surface area contributed by atoms with Crippen molar-refractivity contribution in [3.8, 4) is 5.75 Å². The molecule has 0 unspecified atom stereocenters. The molecule has 0 saturated carbocycles. The SMILES string of the molecule is Cc1ccc(NC(=O)c2ccc(OCC(=O)O)cc2)c(C)c1. The van der Waals surface area contributed by atoms with E-state index in [0.717, 1.165) is 16.8 Å². The summed E-state index contributed by atoms with van der Waals surface area (Å²) in [5, 5.41) is 11.4. The zero-order valence-corrected chi connectivity index (χ0v) is 12.4. The maximum Gasteiger partial charge on any atom is 0.341 e. The minimum absolute atomic E-state index is 0.225. The molecule has 0 aliphatic rings. The summed E-state index contributed by atoms with van der Waals surface area (Å²) < 4.78 is 5.02. The van der Waals surface area contributed by atoms with Crippen molar-refractivity contribution in [2.45, 2.75) is 13.8 Å². The Morgan fingerprint density at radius 3 is 2.36 bits per heavy atom. The van der Waals surface area contributed by atoms with Crippen molar-refractivity contribution < 1.29 is 19.4 Å². The van der Waals surface area contributed by atoms with Gasteiger partial charge in [-0.1, -0.05) is 17.7 Å². The Bertz CT molecular complexity index is 692. The Morgan fingerprint density at radius 2 is 1.77 bits per heavy atom. The van der Waals surface area contributed by atoms with Crippen LogP contribution >= 0.6 is 0 Å². The molecule has 114 valence electrons. The molecule has 0 heterocycles. The highest BCUT2D eigenvalue weighted by Gasteiger charge is 2.08. The predicted molar refractivity (Wildman–Crippen MR) is 83.4 cm³/mol. The van der Waals surface area contributed by atoms with Gasteiger partial charge >= 0.3 is 5.97 Å². The van der Waals surface area contributed by atoms with E-state index in [0.29, 0.717) is 11.3 Å². The number of aryl methyl sites for hydroxylation is 2. The van der Waals surface area contributed by atoms with Crippen LogP contribution in [0, 0.1) is 13.8 Å². The van der Waals surface area contributed by atoms with Crippen LogP contribution < -0.4 is 10.1 Å². The molecular weight excluding hydrogens is 282 g/mol. The number of amides is 1. The zero-order chi connectivity index (χ0) is 16.1. The second-order valence-corrected chi connectivity index (χ2v) is 4.98. The van der Waals surface area contributed by atoms with Gasteiger partial charge in [0, 0.05) is 11.3 Å². The average Bonchev–Trinajstić information content (AvgIpc) is 2.48. The summed E-state index contributed by atoms with van der Waals surface area (Å²) in [6.45, 7) is 3.52. The Kier molecular flexibility index (Phi) is 4.78. The Morgan fingerprint density at radius 1 is 1.09 bits per heavy atom. The average molecular weight is 299 g/mol. The van der Waals surface area contributed by atoms with Crippen molar-refractivity contribution in [3.63, 3.8) is 0 Å². The van der Waals surface area contributed by atoms with Gasteiger partial charge in [0.2, 0.25) is 0 Å². The van der Waals surface area contributed by atoms with Crippen LogP contribution in [-0.2, 0) is 4.79 Å². The summed E-state index contributed by atoms with van der Waals surface area (Å²) >= 11 is 0. The van der Waals surface area contributed by atoms with Gasteiger partial charge < -0.3 is 15.2 Å². The van der Waals surface area contributed by atoms with Crippen molar-refractivity contribution in [2.75, 3.05) is 11.9 Å². The first-order valence-electron chi connectivity index (χ1n) is 6.79. The molecule has 2 rings (SSSR count). The van der Waals surface area contributed by atoms with E-state index in [4.69, 9.17) is 9.84 Å². The van der Waals surface area contributed by atoms with Crippen molar-refractivity contribution in [1.29, 1.82) is 0 Å². The third-order valence-electron chi connectivity index (χ3n) is 3.11. The van der Waals surface area contributed by atoms with Crippen LogP contribution in [0.2, 0.25) is 0 Å². The van der Waals surface area contributed by atoms with Crippen LogP contribution in [0.3, 0.4) is 0 Å². The predicted octanol–water partition coefficient (Wildman–Crippen LogP) is 3.02. The van der Waals surface area contributed by atoms with Crippen molar-refractivity contribution in [3.05, 3.63) is 59.2 Å². The zero-order valence-electron chi connectivity index (χ0n) is 12.4. The van der Waals surface area contributed by atoms with Crippen molar-refractivity contribution in [2.24, 2.45) is 0 Å². The lowest BCUT2D eigenvalue weighted by atomic mass is 10.1. The highest BCUT2D eigenvalue weighted by molar-refractivity contribution is 6.04. The van der Waals surface area contributed by atoms with Crippen LogP contribution in [0.5, 0.6) is 5.75 Å². The lowest BCUT2D eigenvalue weighted by Crippen LogP contribution is -2.13. The second-order valence-electron chi connectivity index (χ2n) is 4.98. The fraction of sp³-hybridized carbons (Fsp3) is 0.176. The number of rotatable bonds is 5. The molecule has 5 nitrogen and oxygen atoms in total. The van der Waals surface area contributed by atoms with Crippen LogP contribution in [-0.4, -0.2) is 23.6 Å². The van der Waals surface area contributed by atoms with Gasteiger partial charge in [-0.05, 0) is 49.7 Å². The highest BCUT2D eigenvalue weighted by Crippen LogP contribution is 2.18. The topological polar surface area (TPSA) is 75.6 Å². The number of ether oxygens (including phenoxy) is 1. The molecule has 2 aromatic carbocycles. The molecule has 0 radical (unpaired) electrons. The molecule has 0 aliphatic heterocycles. The van der Waals surface area contributed by atoms with Crippen LogP contribution in [0.15, 0.2) is 42.5 Å². The molecule has 2 aromatic rings. The van der Waals surface area contributed by atoms with E-state index in [1.165, 1.54) is 0 Å². The molecule has 0 spiro atoms. The standard InChI is InChI=1S/C17H17NO4/c1-11-3-8-15(12(2)9-11)18-17(21)13-4-6-14(7-5-13)22-10-16(19)20/h3-9H,10H2,1-2H3,(H,18,21)(H,19,20). The fourth-order valence-corrected chi connectivity index (χ4v) is 2.00. The van der Waals surface area contributed by atoms with Gasteiger partial charge in [-0.15, -0.1) is 0 Å². The number of carbonyl (C=O) groups is 2. The molecule has 0 aliphatic carbocycles. The number of nitrogens with one attached hydrogen (secondary N) is 1. The summed E-state index contributed by atoms with van der Waals surface area (Å²) in [7, 11) is 0. The first-order valence-corrected chi connectivity index (χ1v) is 6.79. The third kappa shape index (κ3) is 4.09. The molecule has 0 fully saturated rings. The maximum absolute atomic E-state index is 12.2. The normalized spacial score (nSPS) is 10.1. The maximum atomic E-state index is 12.2. The van der Waals surface area contributed by atoms with Gasteiger partial charge in [0.25, 0.3) is 5.91 Å². The summed E-state index contributed by atoms with van der Waals surface area (Å²) in [6, 6.07) is 12.1. The van der Waals surface area contributed by atoms with Gasteiger partial charge in [0.15, 0.2) is 6.61 Å². The number of hydrogen-bond acceptors (Lipinski definition) is 3. The van der Waals surface area contributed by atoms with E-state index in [9.17, 15) is 9.59 Å². The van der Waals surface area contributed by atoms with Crippen LogP contribution in [0.1, 0.15) is 21.5 Å². The van der Waals surface area contributed by atoms with Gasteiger partial charge in [-0.2, -0.15) is 0 Å². The molecule has 0 aromatic heterocycles. The summed E-state index contributed by atoms with van der Waals surface area (Å²) in [5.74, 6) is -0.862. The summed E-state index contributed by atoms with van der Waals surface area (Å²) in [6.07, 6.45) is 0. The van der Waals surface area contributed by atoms with Gasteiger partial charge in [0.1, 0.15) is 5.75 Å². The van der Waals surface area contributed by atoms with Crippen LogP contribution in [0.25, 0.3) is 0 Å². The second kappa shape index (κ2) is 6.76. The number of carboxylic acid groups (broad SMARTS) is 1. The molecule has 22 heavy (non-hydrogen) atoms. The summed E-state index contributed by atoms with van der Waals surface area (Å²) in [4.78, 5) is 22.6. The molecule has 0 saturated heterocycles. The minimum Gasteiger partial charge on any atom is -0.482 e. The Hall–Kier alpha value is -2.82. The first kappa shape index (κ1) is 15.6. The Balaban J connectivity index is 2.04. The molecule has 5 heteroatoms. The van der Waals surface area contributed by atoms with Gasteiger partial charge in [-0.3, -0.25) is 4.79 Å². The largest absolute Gasteiger partial charge is 0.482 e. The summed E-state index contributed by atoms with van der Waals surface area (Å²) in [5.41, 5.74) is 3.37. The number of hydrogen-bond donors (Lipinski definition) is 2. The number of carbonyl (C=O) groups excluding carboxylic acids is 1. The van der Waals surface area contributed by atoms with Crippen molar-refractivity contribution >= 4 is 17.6 Å². The van der Waals surface area contributed by atoms with E-state index >= 15 is 0 Å². The smallest absolute Gasteiger partial charge is 0.341 e. The number of carboxylic acids is 1. The molecule has 0 bridgehead atoms. The fourth-order valence-electron chi connectivity index (χ4n) is 2.00.